The summed E-state index contributed by atoms with van der Waals surface area (Å²) in [6.45, 7) is 8.27. The van der Waals surface area contributed by atoms with Gasteiger partial charge in [-0.3, -0.25) is 10.1 Å². The molecule has 4 rings (SSSR count). The maximum atomic E-state index is 12.6. The Morgan fingerprint density at radius 2 is 1.83 bits per heavy atom. The number of aromatic hydroxyl groups is 1. The fourth-order valence-electron chi connectivity index (χ4n) is 3.54. The summed E-state index contributed by atoms with van der Waals surface area (Å²) in [5, 5.41) is 16.2. The fourth-order valence-corrected chi connectivity index (χ4v) is 3.75. The Labute approximate surface area is 215 Å². The van der Waals surface area contributed by atoms with Crippen LogP contribution >= 0.6 is 12.2 Å². The predicted octanol–water partition coefficient (Wildman–Crippen LogP) is 6.63. The van der Waals surface area contributed by atoms with E-state index < -0.39 is 0 Å². The molecule has 1 heterocycles. The largest absolute Gasteiger partial charge is 0.507 e. The minimum atomic E-state index is -0.346. The fraction of sp³-hybridized carbons (Fsp3) is 0.250. The topological polar surface area (TPSA) is 96.6 Å². The predicted molar refractivity (Wildman–Crippen MR) is 146 cm³/mol. The summed E-state index contributed by atoms with van der Waals surface area (Å²) in [4.78, 5) is 17.2. The summed E-state index contributed by atoms with van der Waals surface area (Å²) in [5.74, 6) is 1.04. The van der Waals surface area contributed by atoms with E-state index in [-0.39, 0.29) is 22.9 Å². The number of fused-ring (bicyclic) bond motifs is 1. The van der Waals surface area contributed by atoms with E-state index in [1.54, 1.807) is 36.4 Å². The first-order valence-electron chi connectivity index (χ1n) is 11.9. The third-order valence-corrected chi connectivity index (χ3v) is 6.02. The molecule has 36 heavy (non-hydrogen) atoms. The van der Waals surface area contributed by atoms with Crippen LogP contribution in [0, 0.1) is 0 Å². The highest BCUT2D eigenvalue weighted by molar-refractivity contribution is 7.80. The van der Waals surface area contributed by atoms with Crippen molar-refractivity contribution in [2.45, 2.75) is 46.1 Å². The van der Waals surface area contributed by atoms with Gasteiger partial charge in [0.2, 0.25) is 5.89 Å². The van der Waals surface area contributed by atoms with Gasteiger partial charge < -0.3 is 19.6 Å². The summed E-state index contributed by atoms with van der Waals surface area (Å²) in [7, 11) is 0. The molecule has 0 fully saturated rings. The van der Waals surface area contributed by atoms with Gasteiger partial charge in [-0.15, -0.1) is 0 Å². The first-order valence-corrected chi connectivity index (χ1v) is 12.3. The summed E-state index contributed by atoms with van der Waals surface area (Å²) >= 11 is 5.33. The highest BCUT2D eigenvalue weighted by atomic mass is 32.1. The second kappa shape index (κ2) is 10.8. The summed E-state index contributed by atoms with van der Waals surface area (Å²) in [6.07, 6.45) is 0.996. The normalized spacial score (nSPS) is 11.9. The molecule has 0 bridgehead atoms. The molecule has 0 spiro atoms. The number of hydrogen-bond acceptors (Lipinski definition) is 6. The number of hydrogen-bond donors (Lipinski definition) is 3. The number of ether oxygens (including phenoxy) is 1. The van der Waals surface area contributed by atoms with Crippen molar-refractivity contribution in [2.24, 2.45) is 0 Å². The van der Waals surface area contributed by atoms with E-state index in [4.69, 9.17) is 21.4 Å². The highest BCUT2D eigenvalue weighted by Gasteiger charge is 2.15. The van der Waals surface area contributed by atoms with Gasteiger partial charge in [0.1, 0.15) is 17.0 Å². The van der Waals surface area contributed by atoms with Crippen LogP contribution in [-0.4, -0.2) is 27.2 Å². The zero-order valence-corrected chi connectivity index (χ0v) is 21.5. The van der Waals surface area contributed by atoms with Crippen molar-refractivity contribution in [3.63, 3.8) is 0 Å². The SMILES string of the molecule is CC[C@@H](C)Oc1ccc(C(=O)NC(=S)Nc2ccc(O)c(-c3nc4cc(C(C)C)ccc4o3)c2)cc1. The molecule has 1 atom stereocenters. The molecule has 1 amide bonds. The van der Waals surface area contributed by atoms with E-state index in [0.717, 1.165) is 17.5 Å². The molecule has 0 unspecified atom stereocenters. The molecule has 8 heteroatoms. The van der Waals surface area contributed by atoms with E-state index >= 15 is 0 Å². The molecule has 7 nitrogen and oxygen atoms in total. The van der Waals surface area contributed by atoms with Crippen molar-refractivity contribution in [1.82, 2.24) is 10.3 Å². The number of nitrogens with zero attached hydrogens (tertiary/aromatic N) is 1. The van der Waals surface area contributed by atoms with Crippen LogP contribution in [0.25, 0.3) is 22.6 Å². The average molecular weight is 504 g/mol. The van der Waals surface area contributed by atoms with Crippen molar-refractivity contribution in [3.8, 4) is 23.0 Å². The summed E-state index contributed by atoms with van der Waals surface area (Å²) in [6, 6.07) is 17.6. The van der Waals surface area contributed by atoms with Gasteiger partial charge in [-0.25, -0.2) is 4.98 Å². The zero-order valence-electron chi connectivity index (χ0n) is 20.7. The van der Waals surface area contributed by atoms with E-state index in [9.17, 15) is 9.90 Å². The number of rotatable bonds is 7. The standard InChI is InChI=1S/C28H29N3O4S/c1-5-17(4)34-21-10-6-18(7-11-21)26(33)31-28(36)29-20-9-12-24(32)22(15-20)27-30-23-14-19(16(2)3)8-13-25(23)35-27/h6-17,32H,5H2,1-4H3,(H2,29,31,33,36)/t17-/m1/s1. The third kappa shape index (κ3) is 5.83. The van der Waals surface area contributed by atoms with Gasteiger partial charge in [0.15, 0.2) is 10.7 Å². The maximum absolute atomic E-state index is 12.6. The van der Waals surface area contributed by atoms with Crippen LogP contribution in [0.3, 0.4) is 0 Å². The molecule has 0 aliphatic heterocycles. The van der Waals surface area contributed by atoms with Crippen LogP contribution in [0.2, 0.25) is 0 Å². The third-order valence-electron chi connectivity index (χ3n) is 5.82. The smallest absolute Gasteiger partial charge is 0.257 e. The number of carbonyl (C=O) groups excluding carboxylic acids is 1. The molecule has 3 aromatic carbocycles. The van der Waals surface area contributed by atoms with Crippen LogP contribution in [0.15, 0.2) is 65.1 Å². The van der Waals surface area contributed by atoms with Crippen molar-refractivity contribution in [2.75, 3.05) is 5.32 Å². The number of oxazole rings is 1. The lowest BCUT2D eigenvalue weighted by molar-refractivity contribution is 0.0977. The lowest BCUT2D eigenvalue weighted by atomic mass is 10.0. The molecule has 3 N–H and O–H groups in total. The number of aromatic nitrogens is 1. The number of carbonyl (C=O) groups is 1. The van der Waals surface area contributed by atoms with Crippen molar-refractivity contribution >= 4 is 40.0 Å². The molecule has 4 aromatic rings. The number of nitrogens with one attached hydrogen (secondary N) is 2. The second-order valence-corrected chi connectivity index (χ2v) is 9.31. The van der Waals surface area contributed by atoms with E-state index in [0.29, 0.717) is 40.0 Å². The first-order chi connectivity index (χ1) is 17.2. The number of phenolic OH excluding ortho intramolecular Hbond substituents is 1. The van der Waals surface area contributed by atoms with Crippen LogP contribution in [0.4, 0.5) is 5.69 Å². The van der Waals surface area contributed by atoms with Gasteiger partial charge in [0, 0.05) is 11.3 Å². The Hall–Kier alpha value is -3.91. The molecular formula is C28H29N3O4S. The molecule has 186 valence electrons. The van der Waals surface area contributed by atoms with Crippen molar-refractivity contribution in [1.29, 1.82) is 0 Å². The molecule has 0 radical (unpaired) electrons. The molecule has 0 saturated carbocycles. The lowest BCUT2D eigenvalue weighted by Gasteiger charge is -2.13. The maximum Gasteiger partial charge on any atom is 0.257 e. The number of benzene rings is 3. The average Bonchev–Trinajstić information content (AvgIpc) is 3.28. The van der Waals surface area contributed by atoms with Crippen molar-refractivity contribution in [3.05, 3.63) is 71.8 Å². The van der Waals surface area contributed by atoms with Crippen LogP contribution in [-0.2, 0) is 0 Å². The Balaban J connectivity index is 1.45. The van der Waals surface area contributed by atoms with E-state index in [1.807, 2.05) is 32.0 Å². The van der Waals surface area contributed by atoms with Crippen LogP contribution in [0.5, 0.6) is 11.5 Å². The van der Waals surface area contributed by atoms with Gasteiger partial charge in [-0.2, -0.15) is 0 Å². The van der Waals surface area contributed by atoms with Gasteiger partial charge in [-0.05, 0) is 91.6 Å². The minimum Gasteiger partial charge on any atom is -0.507 e. The molecule has 0 aliphatic carbocycles. The monoisotopic (exact) mass is 503 g/mol. The first kappa shape index (κ1) is 25.2. The number of anilines is 1. The molecule has 1 aromatic heterocycles. The van der Waals surface area contributed by atoms with Crippen molar-refractivity contribution < 1.29 is 19.1 Å². The lowest BCUT2D eigenvalue weighted by Crippen LogP contribution is -2.34. The second-order valence-electron chi connectivity index (χ2n) is 8.90. The van der Waals surface area contributed by atoms with E-state index in [2.05, 4.69) is 29.5 Å². The molecule has 0 aliphatic rings. The Kier molecular flexibility index (Phi) is 7.55. The quantitative estimate of drug-likeness (QED) is 0.192. The molecule has 0 saturated heterocycles. The number of amides is 1. The van der Waals surface area contributed by atoms with Gasteiger partial charge in [0.25, 0.3) is 5.91 Å². The zero-order chi connectivity index (χ0) is 25.8. The van der Waals surface area contributed by atoms with Crippen LogP contribution < -0.4 is 15.4 Å². The minimum absolute atomic E-state index is 0.0193. The summed E-state index contributed by atoms with van der Waals surface area (Å²) in [5.41, 5.74) is 3.94. The Morgan fingerprint density at radius 1 is 1.08 bits per heavy atom. The van der Waals surface area contributed by atoms with Gasteiger partial charge in [0.05, 0.1) is 11.7 Å². The highest BCUT2D eigenvalue weighted by Crippen LogP contribution is 2.34. The Bertz CT molecular complexity index is 1400. The van der Waals surface area contributed by atoms with Crippen LogP contribution in [0.1, 0.15) is 56.0 Å². The van der Waals surface area contributed by atoms with Gasteiger partial charge >= 0.3 is 0 Å². The summed E-state index contributed by atoms with van der Waals surface area (Å²) < 4.78 is 11.6. The number of phenols is 1. The van der Waals surface area contributed by atoms with E-state index in [1.165, 1.54) is 6.07 Å². The Morgan fingerprint density at radius 3 is 2.53 bits per heavy atom. The molecular weight excluding hydrogens is 474 g/mol. The number of thiocarbonyl (C=S) groups is 1. The van der Waals surface area contributed by atoms with Gasteiger partial charge in [-0.1, -0.05) is 26.8 Å².